The van der Waals surface area contributed by atoms with E-state index in [1.54, 1.807) is 11.3 Å². The Morgan fingerprint density at radius 3 is 3.07 bits per heavy atom. The SMILES string of the molecule is O=C(CC1CCCNC1)c1cscc1Br. The molecule has 0 amide bonds. The second-order valence-corrected chi connectivity index (χ2v) is 5.57. The van der Waals surface area contributed by atoms with Gasteiger partial charge in [-0.1, -0.05) is 0 Å². The quantitative estimate of drug-likeness (QED) is 0.866. The van der Waals surface area contributed by atoms with E-state index in [9.17, 15) is 4.79 Å². The zero-order valence-corrected chi connectivity index (χ0v) is 10.9. The second-order valence-electron chi connectivity index (χ2n) is 3.97. The highest BCUT2D eigenvalue weighted by molar-refractivity contribution is 9.10. The molecular formula is C11H14BrNOS. The molecule has 1 aliphatic heterocycles. The lowest BCUT2D eigenvalue weighted by Gasteiger charge is -2.21. The smallest absolute Gasteiger partial charge is 0.165 e. The van der Waals surface area contributed by atoms with E-state index < -0.39 is 0 Å². The summed E-state index contributed by atoms with van der Waals surface area (Å²) in [7, 11) is 0. The third-order valence-electron chi connectivity index (χ3n) is 2.79. The topological polar surface area (TPSA) is 29.1 Å². The molecule has 1 N–H and O–H groups in total. The molecule has 82 valence electrons. The number of piperidine rings is 1. The zero-order chi connectivity index (χ0) is 10.7. The van der Waals surface area contributed by atoms with Crippen molar-refractivity contribution in [2.75, 3.05) is 13.1 Å². The van der Waals surface area contributed by atoms with Crippen LogP contribution in [-0.4, -0.2) is 18.9 Å². The van der Waals surface area contributed by atoms with Gasteiger partial charge in [0.25, 0.3) is 0 Å². The molecule has 0 radical (unpaired) electrons. The number of hydrogen-bond donors (Lipinski definition) is 1. The zero-order valence-electron chi connectivity index (χ0n) is 8.46. The van der Waals surface area contributed by atoms with Crippen molar-refractivity contribution >= 4 is 33.0 Å². The van der Waals surface area contributed by atoms with Gasteiger partial charge in [0.1, 0.15) is 0 Å². The summed E-state index contributed by atoms with van der Waals surface area (Å²) in [5, 5.41) is 7.24. The summed E-state index contributed by atoms with van der Waals surface area (Å²) in [6, 6.07) is 0. The second kappa shape index (κ2) is 5.23. The fourth-order valence-corrected chi connectivity index (χ4v) is 3.47. The maximum atomic E-state index is 11.9. The molecule has 0 saturated carbocycles. The molecule has 0 aliphatic carbocycles. The van der Waals surface area contributed by atoms with Crippen molar-refractivity contribution < 1.29 is 4.79 Å². The standard InChI is InChI=1S/C11H14BrNOS/c12-10-7-15-6-9(10)11(14)4-8-2-1-3-13-5-8/h6-8,13H,1-5H2. The molecule has 1 unspecified atom stereocenters. The van der Waals surface area contributed by atoms with Crippen molar-refractivity contribution in [3.05, 3.63) is 20.8 Å². The molecule has 2 rings (SSSR count). The van der Waals surface area contributed by atoms with Crippen LogP contribution in [0.15, 0.2) is 15.2 Å². The summed E-state index contributed by atoms with van der Waals surface area (Å²) in [6.45, 7) is 2.10. The van der Waals surface area contributed by atoms with Crippen molar-refractivity contribution in [2.24, 2.45) is 5.92 Å². The minimum atomic E-state index is 0.275. The Hall–Kier alpha value is -0.190. The molecule has 2 nitrogen and oxygen atoms in total. The van der Waals surface area contributed by atoms with Gasteiger partial charge in [0, 0.05) is 27.2 Å². The van der Waals surface area contributed by atoms with Crippen LogP contribution >= 0.6 is 27.3 Å². The van der Waals surface area contributed by atoms with Crippen molar-refractivity contribution in [2.45, 2.75) is 19.3 Å². The maximum Gasteiger partial charge on any atom is 0.165 e. The summed E-state index contributed by atoms with van der Waals surface area (Å²) in [5.74, 6) is 0.801. The van der Waals surface area contributed by atoms with Crippen LogP contribution in [0, 0.1) is 5.92 Å². The Morgan fingerprint density at radius 2 is 2.47 bits per heavy atom. The number of nitrogens with one attached hydrogen (secondary N) is 1. The molecule has 4 heteroatoms. The molecule has 1 fully saturated rings. The molecule has 0 spiro atoms. The highest BCUT2D eigenvalue weighted by atomic mass is 79.9. The van der Waals surface area contributed by atoms with E-state index in [4.69, 9.17) is 0 Å². The fraction of sp³-hybridized carbons (Fsp3) is 0.545. The molecule has 0 aromatic carbocycles. The Balaban J connectivity index is 1.94. The Morgan fingerprint density at radius 1 is 1.60 bits per heavy atom. The van der Waals surface area contributed by atoms with Gasteiger partial charge in [-0.2, -0.15) is 11.3 Å². The van der Waals surface area contributed by atoms with Gasteiger partial charge in [0.15, 0.2) is 5.78 Å². The van der Waals surface area contributed by atoms with E-state index in [-0.39, 0.29) is 5.78 Å². The van der Waals surface area contributed by atoms with Gasteiger partial charge in [-0.15, -0.1) is 0 Å². The molecule has 0 bridgehead atoms. The summed E-state index contributed by atoms with van der Waals surface area (Å²) in [4.78, 5) is 11.9. The van der Waals surface area contributed by atoms with E-state index in [1.807, 2.05) is 10.8 Å². The number of rotatable bonds is 3. The predicted molar refractivity (Wildman–Crippen MR) is 66.6 cm³/mol. The van der Waals surface area contributed by atoms with E-state index in [0.717, 1.165) is 23.1 Å². The molecular weight excluding hydrogens is 274 g/mol. The van der Waals surface area contributed by atoms with Gasteiger partial charge in [0.2, 0.25) is 0 Å². The van der Waals surface area contributed by atoms with Crippen molar-refractivity contribution in [1.82, 2.24) is 5.32 Å². The average Bonchev–Trinajstić information content (AvgIpc) is 2.66. The maximum absolute atomic E-state index is 11.9. The van der Waals surface area contributed by atoms with Gasteiger partial charge >= 0.3 is 0 Å². The van der Waals surface area contributed by atoms with Gasteiger partial charge in [0.05, 0.1) is 0 Å². The molecule has 1 atom stereocenters. The number of ketones is 1. The summed E-state index contributed by atoms with van der Waals surface area (Å²) in [6.07, 6.45) is 3.06. The lowest BCUT2D eigenvalue weighted by atomic mass is 9.93. The van der Waals surface area contributed by atoms with Crippen LogP contribution in [0.2, 0.25) is 0 Å². The number of Topliss-reactive ketones (excluding diaryl/α,β-unsaturated/α-hetero) is 1. The van der Waals surface area contributed by atoms with E-state index in [1.165, 1.54) is 12.8 Å². The molecule has 1 aliphatic rings. The average molecular weight is 288 g/mol. The third-order valence-corrected chi connectivity index (χ3v) is 4.49. The summed E-state index contributed by atoms with van der Waals surface area (Å²) < 4.78 is 0.946. The molecule has 1 aromatic rings. The predicted octanol–water partition coefficient (Wildman–Crippen LogP) is 3.08. The summed E-state index contributed by atoms with van der Waals surface area (Å²) in [5.41, 5.74) is 0.852. The largest absolute Gasteiger partial charge is 0.316 e. The van der Waals surface area contributed by atoms with E-state index in [0.29, 0.717) is 12.3 Å². The first kappa shape index (κ1) is 11.3. The number of carbonyl (C=O) groups excluding carboxylic acids is 1. The monoisotopic (exact) mass is 287 g/mol. The molecule has 1 saturated heterocycles. The summed E-state index contributed by atoms with van der Waals surface area (Å²) >= 11 is 4.98. The fourth-order valence-electron chi connectivity index (χ4n) is 1.95. The molecule has 15 heavy (non-hydrogen) atoms. The third kappa shape index (κ3) is 2.89. The number of halogens is 1. The van der Waals surface area contributed by atoms with E-state index >= 15 is 0 Å². The van der Waals surface area contributed by atoms with Crippen molar-refractivity contribution in [3.63, 3.8) is 0 Å². The van der Waals surface area contributed by atoms with Gasteiger partial charge in [-0.05, 0) is 47.8 Å². The van der Waals surface area contributed by atoms with Crippen LogP contribution in [-0.2, 0) is 0 Å². The number of carbonyl (C=O) groups is 1. The number of hydrogen-bond acceptors (Lipinski definition) is 3. The first-order valence-corrected chi connectivity index (χ1v) is 6.96. The van der Waals surface area contributed by atoms with Crippen LogP contribution in [0.3, 0.4) is 0 Å². The van der Waals surface area contributed by atoms with Crippen LogP contribution < -0.4 is 5.32 Å². The molecule has 2 heterocycles. The Labute approximate surface area is 102 Å². The van der Waals surface area contributed by atoms with Crippen molar-refractivity contribution in [3.8, 4) is 0 Å². The van der Waals surface area contributed by atoms with Crippen LogP contribution in [0.4, 0.5) is 0 Å². The van der Waals surface area contributed by atoms with Crippen LogP contribution in [0.1, 0.15) is 29.6 Å². The Kier molecular flexibility index (Phi) is 3.94. The minimum Gasteiger partial charge on any atom is -0.316 e. The highest BCUT2D eigenvalue weighted by Gasteiger charge is 2.19. The number of thiophene rings is 1. The first-order valence-electron chi connectivity index (χ1n) is 5.23. The minimum absolute atomic E-state index is 0.275. The lowest BCUT2D eigenvalue weighted by Crippen LogP contribution is -2.31. The normalized spacial score (nSPS) is 21.5. The first-order chi connectivity index (χ1) is 7.27. The van der Waals surface area contributed by atoms with Crippen LogP contribution in [0.25, 0.3) is 0 Å². The van der Waals surface area contributed by atoms with Gasteiger partial charge in [-0.3, -0.25) is 4.79 Å². The van der Waals surface area contributed by atoms with Crippen molar-refractivity contribution in [1.29, 1.82) is 0 Å². The highest BCUT2D eigenvalue weighted by Crippen LogP contribution is 2.25. The lowest BCUT2D eigenvalue weighted by molar-refractivity contribution is 0.0953. The van der Waals surface area contributed by atoms with E-state index in [2.05, 4.69) is 21.2 Å². The van der Waals surface area contributed by atoms with Gasteiger partial charge in [-0.25, -0.2) is 0 Å². The Bertz CT molecular complexity index is 344. The van der Waals surface area contributed by atoms with Gasteiger partial charge < -0.3 is 5.32 Å². The molecule has 1 aromatic heterocycles. The van der Waals surface area contributed by atoms with Crippen LogP contribution in [0.5, 0.6) is 0 Å².